The summed E-state index contributed by atoms with van der Waals surface area (Å²) in [6, 6.07) is 9.26. The number of hydrogen-bond acceptors (Lipinski definition) is 6. The molecule has 1 aromatic carbocycles. The predicted octanol–water partition coefficient (Wildman–Crippen LogP) is 4.03. The van der Waals surface area contributed by atoms with Crippen LogP contribution < -0.4 is 0 Å². The van der Waals surface area contributed by atoms with Gasteiger partial charge in [0.1, 0.15) is 18.8 Å². The number of hydrogen-bond donors (Lipinski definition) is 0. The quantitative estimate of drug-likeness (QED) is 0.330. The molecule has 7 heteroatoms. The minimum atomic E-state index is -2.19. The number of carbonyl (C=O) groups is 3. The average molecular weight is 409 g/mol. The van der Waals surface area contributed by atoms with Crippen LogP contribution in [-0.4, -0.2) is 39.3 Å². The molecular weight excluding hydrogens is 376 g/mol. The second-order valence-electron chi connectivity index (χ2n) is 8.35. The molecule has 1 rings (SSSR count). The Labute approximate surface area is 168 Å². The molecule has 0 amide bonds. The molecule has 0 aliphatic carbocycles. The number of methoxy groups -OCH3 is 1. The van der Waals surface area contributed by atoms with Crippen LogP contribution >= 0.6 is 0 Å². The van der Waals surface area contributed by atoms with Gasteiger partial charge in [-0.25, -0.2) is 0 Å². The fourth-order valence-corrected chi connectivity index (χ4v) is 3.65. The zero-order valence-corrected chi connectivity index (χ0v) is 18.7. The Morgan fingerprint density at radius 2 is 1.61 bits per heavy atom. The van der Waals surface area contributed by atoms with Gasteiger partial charge in [-0.2, -0.15) is 0 Å². The van der Waals surface area contributed by atoms with Gasteiger partial charge in [-0.1, -0.05) is 51.1 Å². The van der Waals surface area contributed by atoms with E-state index in [1.54, 1.807) is 0 Å². The number of carbonyl (C=O) groups excluding carboxylic acids is 3. The zero-order chi connectivity index (χ0) is 21.4. The summed E-state index contributed by atoms with van der Waals surface area (Å²) in [4.78, 5) is 36.1. The second-order valence-corrected chi connectivity index (χ2v) is 13.1. The number of rotatable bonds is 10. The van der Waals surface area contributed by atoms with Crippen molar-refractivity contribution >= 4 is 26.0 Å². The van der Waals surface area contributed by atoms with Gasteiger partial charge in [-0.15, -0.1) is 0 Å². The van der Waals surface area contributed by atoms with Crippen LogP contribution in [0, 0.1) is 0 Å². The highest BCUT2D eigenvalue weighted by atomic mass is 28.4. The van der Waals surface area contributed by atoms with Gasteiger partial charge in [0.2, 0.25) is 0 Å². The van der Waals surface area contributed by atoms with Crippen LogP contribution in [0.25, 0.3) is 0 Å². The van der Waals surface area contributed by atoms with Gasteiger partial charge in [-0.05, 0) is 23.7 Å². The van der Waals surface area contributed by atoms with E-state index in [4.69, 9.17) is 13.9 Å². The van der Waals surface area contributed by atoms with Gasteiger partial charge in [-0.3, -0.25) is 14.4 Å². The SMILES string of the molecule is COC(=O)CC(CC(=O)CC(=O)OCc1ccccc1)O[Si](C)(C)C(C)(C)C. The van der Waals surface area contributed by atoms with E-state index in [0.29, 0.717) is 0 Å². The topological polar surface area (TPSA) is 78.9 Å². The maximum Gasteiger partial charge on any atom is 0.313 e. The molecule has 1 aromatic rings. The summed E-state index contributed by atoms with van der Waals surface area (Å²) in [6.07, 6.45) is -0.996. The van der Waals surface area contributed by atoms with Crippen molar-refractivity contribution < 1.29 is 28.3 Å². The molecule has 0 saturated carbocycles. The summed E-state index contributed by atoms with van der Waals surface area (Å²) in [6.45, 7) is 10.5. The smallest absolute Gasteiger partial charge is 0.313 e. The van der Waals surface area contributed by atoms with Gasteiger partial charge in [0.15, 0.2) is 8.32 Å². The maximum atomic E-state index is 12.4. The second kappa shape index (κ2) is 10.5. The molecule has 0 fully saturated rings. The van der Waals surface area contributed by atoms with Crippen molar-refractivity contribution in [2.75, 3.05) is 7.11 Å². The molecule has 156 valence electrons. The van der Waals surface area contributed by atoms with Gasteiger partial charge in [0.05, 0.1) is 19.6 Å². The van der Waals surface area contributed by atoms with E-state index in [1.165, 1.54) is 7.11 Å². The van der Waals surface area contributed by atoms with Gasteiger partial charge in [0.25, 0.3) is 0 Å². The lowest BCUT2D eigenvalue weighted by Gasteiger charge is -2.39. The van der Waals surface area contributed by atoms with Gasteiger partial charge < -0.3 is 13.9 Å². The number of Topliss-reactive ketones (excluding diaryl/α,β-unsaturated/α-hetero) is 1. The third-order valence-corrected chi connectivity index (χ3v) is 9.46. The average Bonchev–Trinajstić information content (AvgIpc) is 2.59. The molecule has 0 heterocycles. The van der Waals surface area contributed by atoms with Crippen LogP contribution in [0.15, 0.2) is 30.3 Å². The van der Waals surface area contributed by atoms with Crippen molar-refractivity contribution in [3.8, 4) is 0 Å². The Morgan fingerprint density at radius 1 is 1.00 bits per heavy atom. The first-order valence-corrected chi connectivity index (χ1v) is 12.3. The highest BCUT2D eigenvalue weighted by molar-refractivity contribution is 6.74. The van der Waals surface area contributed by atoms with E-state index in [2.05, 4.69) is 33.9 Å². The van der Waals surface area contributed by atoms with E-state index in [1.807, 2.05) is 30.3 Å². The lowest BCUT2D eigenvalue weighted by atomic mass is 10.1. The molecule has 1 unspecified atom stereocenters. The molecule has 1 atom stereocenters. The molecule has 0 bridgehead atoms. The van der Waals surface area contributed by atoms with Crippen molar-refractivity contribution in [2.24, 2.45) is 0 Å². The van der Waals surface area contributed by atoms with E-state index >= 15 is 0 Å². The summed E-state index contributed by atoms with van der Waals surface area (Å²) in [5.41, 5.74) is 0.855. The summed E-state index contributed by atoms with van der Waals surface area (Å²) >= 11 is 0. The van der Waals surface area contributed by atoms with Crippen molar-refractivity contribution in [1.82, 2.24) is 0 Å². The molecule has 0 spiro atoms. The first-order chi connectivity index (χ1) is 12.9. The summed E-state index contributed by atoms with van der Waals surface area (Å²) in [5.74, 6) is -1.34. The van der Waals surface area contributed by atoms with Crippen molar-refractivity contribution in [2.45, 2.75) is 70.9 Å². The van der Waals surface area contributed by atoms with E-state index in [0.717, 1.165) is 5.56 Å². The molecule has 0 aliphatic rings. The van der Waals surface area contributed by atoms with Crippen LogP contribution in [0.1, 0.15) is 45.6 Å². The van der Waals surface area contributed by atoms with Crippen molar-refractivity contribution in [3.63, 3.8) is 0 Å². The lowest BCUT2D eigenvalue weighted by Crippen LogP contribution is -2.45. The van der Waals surface area contributed by atoms with Crippen LogP contribution in [-0.2, 0) is 34.9 Å². The fourth-order valence-electron chi connectivity index (χ4n) is 2.29. The minimum Gasteiger partial charge on any atom is -0.469 e. The first kappa shape index (κ1) is 24.0. The highest BCUT2D eigenvalue weighted by Crippen LogP contribution is 2.38. The number of ether oxygens (including phenoxy) is 2. The summed E-state index contributed by atoms with van der Waals surface area (Å²) < 4.78 is 16.1. The summed E-state index contributed by atoms with van der Waals surface area (Å²) in [7, 11) is -0.890. The number of ketones is 1. The third-order valence-electron chi connectivity index (χ3n) is 4.93. The van der Waals surface area contributed by atoms with Gasteiger partial charge in [0, 0.05) is 6.42 Å². The molecule has 6 nitrogen and oxygen atoms in total. The zero-order valence-electron chi connectivity index (χ0n) is 17.7. The fraction of sp³-hybridized carbons (Fsp3) is 0.571. The summed E-state index contributed by atoms with van der Waals surface area (Å²) in [5, 5.41) is -0.0704. The number of benzene rings is 1. The number of esters is 2. The van der Waals surface area contributed by atoms with Gasteiger partial charge >= 0.3 is 11.9 Å². The maximum absolute atomic E-state index is 12.4. The largest absolute Gasteiger partial charge is 0.469 e. The first-order valence-electron chi connectivity index (χ1n) is 9.40. The Balaban J connectivity index is 2.64. The lowest BCUT2D eigenvalue weighted by molar-refractivity contribution is -0.147. The molecular formula is C21H32O6Si. The van der Waals surface area contributed by atoms with Crippen molar-refractivity contribution in [1.29, 1.82) is 0 Å². The Morgan fingerprint density at radius 3 is 2.14 bits per heavy atom. The van der Waals surface area contributed by atoms with Crippen LogP contribution in [0.5, 0.6) is 0 Å². The van der Waals surface area contributed by atoms with E-state index < -0.39 is 26.4 Å². The Bertz CT molecular complexity index is 663. The normalized spacial score (nSPS) is 12.9. The predicted molar refractivity (Wildman–Crippen MR) is 109 cm³/mol. The van der Waals surface area contributed by atoms with E-state index in [-0.39, 0.29) is 36.7 Å². The minimum absolute atomic E-state index is 0.0200. The Hall–Kier alpha value is -1.99. The monoisotopic (exact) mass is 408 g/mol. The molecule has 0 radical (unpaired) electrons. The van der Waals surface area contributed by atoms with Crippen LogP contribution in [0.3, 0.4) is 0 Å². The van der Waals surface area contributed by atoms with Crippen molar-refractivity contribution in [3.05, 3.63) is 35.9 Å². The van der Waals surface area contributed by atoms with Crippen LogP contribution in [0.2, 0.25) is 18.1 Å². The molecule has 0 aliphatic heterocycles. The molecule has 0 N–H and O–H groups in total. The molecule has 0 aromatic heterocycles. The molecule has 28 heavy (non-hydrogen) atoms. The third kappa shape index (κ3) is 8.35. The van der Waals surface area contributed by atoms with E-state index in [9.17, 15) is 14.4 Å². The van der Waals surface area contributed by atoms with Crippen LogP contribution in [0.4, 0.5) is 0 Å². The standard InChI is InChI=1S/C21H32O6Si/c1-21(2,3)28(5,6)27-18(14-19(23)25-4)12-17(22)13-20(24)26-15-16-10-8-7-9-11-16/h7-11,18H,12-15H2,1-6H3. The highest BCUT2D eigenvalue weighted by Gasteiger charge is 2.40. The Kier molecular flexibility index (Phi) is 9.04. The molecule has 0 saturated heterocycles.